The summed E-state index contributed by atoms with van der Waals surface area (Å²) in [5.74, 6) is -0.0330. The van der Waals surface area contributed by atoms with Crippen LogP contribution in [-0.4, -0.2) is 43.4 Å². The van der Waals surface area contributed by atoms with Gasteiger partial charge in [0.1, 0.15) is 10.4 Å². The number of thioether (sulfide) groups is 1. The van der Waals surface area contributed by atoms with Crippen molar-refractivity contribution in [3.63, 3.8) is 0 Å². The first-order valence-electron chi connectivity index (χ1n) is 9.07. The van der Waals surface area contributed by atoms with Gasteiger partial charge in [-0.15, -0.1) is 6.58 Å². The third kappa shape index (κ3) is 4.35. The highest BCUT2D eigenvalue weighted by molar-refractivity contribution is 7.98. The monoisotopic (exact) mass is 434 g/mol. The molecule has 3 rings (SSSR count). The van der Waals surface area contributed by atoms with Gasteiger partial charge in [0.25, 0.3) is 5.56 Å². The Kier molecular flexibility index (Phi) is 6.70. The van der Waals surface area contributed by atoms with E-state index in [1.54, 1.807) is 30.8 Å². The Morgan fingerprint density at radius 3 is 2.90 bits per heavy atom. The first kappa shape index (κ1) is 21.1. The van der Waals surface area contributed by atoms with Crippen molar-refractivity contribution in [1.29, 1.82) is 0 Å². The van der Waals surface area contributed by atoms with E-state index in [1.165, 1.54) is 27.8 Å². The molecule has 9 nitrogen and oxygen atoms in total. The molecule has 3 heterocycles. The summed E-state index contributed by atoms with van der Waals surface area (Å²) in [7, 11) is 1.72. The third-order valence-electron chi connectivity index (χ3n) is 4.02. The molecule has 0 aliphatic carbocycles. The average Bonchev–Trinajstić information content (AvgIpc) is 3.28. The molecule has 0 atom stereocenters. The number of hydrogen-bond acceptors (Lipinski definition) is 9. The van der Waals surface area contributed by atoms with Gasteiger partial charge in [0, 0.05) is 25.9 Å². The van der Waals surface area contributed by atoms with Crippen LogP contribution in [0.3, 0.4) is 0 Å². The molecule has 0 fully saturated rings. The molecule has 0 aliphatic heterocycles. The van der Waals surface area contributed by atoms with Gasteiger partial charge < -0.3 is 10.1 Å². The lowest BCUT2D eigenvalue weighted by atomic mass is 10.4. The van der Waals surface area contributed by atoms with Crippen LogP contribution in [0.1, 0.15) is 29.2 Å². The van der Waals surface area contributed by atoms with E-state index >= 15 is 0 Å². The molecule has 0 saturated heterocycles. The van der Waals surface area contributed by atoms with Crippen LogP contribution in [-0.2, 0) is 24.1 Å². The molecule has 11 heteroatoms. The van der Waals surface area contributed by atoms with E-state index in [-0.39, 0.29) is 12.2 Å². The molecule has 0 bridgehead atoms. The first-order valence-corrected chi connectivity index (χ1v) is 10.9. The Morgan fingerprint density at radius 2 is 2.21 bits per heavy atom. The summed E-state index contributed by atoms with van der Waals surface area (Å²) >= 11 is 2.59. The van der Waals surface area contributed by atoms with Gasteiger partial charge in [0.15, 0.2) is 15.8 Å². The van der Waals surface area contributed by atoms with Gasteiger partial charge in [-0.3, -0.25) is 14.0 Å². The summed E-state index contributed by atoms with van der Waals surface area (Å²) in [6.07, 6.45) is 3.29. The summed E-state index contributed by atoms with van der Waals surface area (Å²) < 4.78 is 8.28. The number of fused-ring (bicyclic) bond motifs is 1. The lowest BCUT2D eigenvalue weighted by Crippen LogP contribution is -2.23. The molecular weight excluding hydrogens is 412 g/mol. The second-order valence-corrected chi connectivity index (χ2v) is 7.86. The summed E-state index contributed by atoms with van der Waals surface area (Å²) in [4.78, 5) is 34.7. The van der Waals surface area contributed by atoms with Crippen LogP contribution < -0.4 is 10.9 Å². The van der Waals surface area contributed by atoms with E-state index in [4.69, 9.17) is 4.74 Å². The molecule has 1 N–H and O–H groups in total. The second kappa shape index (κ2) is 9.23. The molecule has 0 radical (unpaired) electrons. The Morgan fingerprint density at radius 1 is 1.41 bits per heavy atom. The number of carbonyl (C=O) groups is 1. The number of aromatic nitrogens is 5. The van der Waals surface area contributed by atoms with Gasteiger partial charge in [-0.05, 0) is 13.8 Å². The van der Waals surface area contributed by atoms with Crippen molar-refractivity contribution in [3.8, 4) is 0 Å². The maximum Gasteiger partial charge on any atom is 0.350 e. The van der Waals surface area contributed by atoms with Gasteiger partial charge >= 0.3 is 5.97 Å². The predicted molar refractivity (Wildman–Crippen MR) is 115 cm³/mol. The number of carbonyl (C=O) groups excluding carboxylic acids is 1. The van der Waals surface area contributed by atoms with Crippen molar-refractivity contribution in [2.75, 3.05) is 18.5 Å². The second-order valence-electron chi connectivity index (χ2n) is 5.92. The Balaban J connectivity index is 1.92. The molecule has 0 unspecified atom stereocenters. The molecule has 3 aromatic rings. The first-order chi connectivity index (χ1) is 14.0. The molecule has 3 aromatic heterocycles. The molecule has 154 valence electrons. The van der Waals surface area contributed by atoms with Crippen molar-refractivity contribution in [2.45, 2.75) is 31.3 Å². The highest BCUT2D eigenvalue weighted by atomic mass is 32.2. The van der Waals surface area contributed by atoms with Crippen molar-refractivity contribution < 1.29 is 9.53 Å². The van der Waals surface area contributed by atoms with Gasteiger partial charge in [-0.2, -0.15) is 5.10 Å². The van der Waals surface area contributed by atoms with Crippen LogP contribution >= 0.6 is 23.1 Å². The van der Waals surface area contributed by atoms with E-state index in [0.29, 0.717) is 50.7 Å². The van der Waals surface area contributed by atoms with E-state index < -0.39 is 5.97 Å². The molecule has 0 amide bonds. The fraction of sp³-hybridized carbons (Fsp3) is 0.389. The van der Waals surface area contributed by atoms with Crippen LogP contribution in [0.15, 0.2) is 28.8 Å². The smallest absolute Gasteiger partial charge is 0.350 e. The van der Waals surface area contributed by atoms with Crippen LogP contribution in [0.25, 0.3) is 11.0 Å². The van der Waals surface area contributed by atoms with Crippen molar-refractivity contribution >= 4 is 45.2 Å². The molecule has 0 saturated carbocycles. The van der Waals surface area contributed by atoms with Crippen molar-refractivity contribution in [1.82, 2.24) is 24.3 Å². The zero-order chi connectivity index (χ0) is 21.0. The van der Waals surface area contributed by atoms with E-state index in [0.717, 1.165) is 0 Å². The Bertz CT molecular complexity index is 1100. The summed E-state index contributed by atoms with van der Waals surface area (Å²) in [6, 6.07) is 0. The number of rotatable bonds is 9. The maximum atomic E-state index is 12.8. The topological polar surface area (TPSA) is 104 Å². The van der Waals surface area contributed by atoms with E-state index in [1.807, 2.05) is 6.92 Å². The number of hydrogen-bond donors (Lipinski definition) is 1. The summed E-state index contributed by atoms with van der Waals surface area (Å²) in [6.45, 7) is 8.62. The standard InChI is InChI=1S/C18H22N6O3S2/c1-5-8-19-17-21-12(14(29-17)16(26)27-7-3)10-28-18-22-11-9-20-23(4)13(11)15(25)24(18)6-2/h5,9H,1,6-8,10H2,2-4H3,(H,19,21). The highest BCUT2D eigenvalue weighted by Gasteiger charge is 2.21. The quantitative estimate of drug-likeness (QED) is 0.237. The van der Waals surface area contributed by atoms with Crippen molar-refractivity contribution in [3.05, 3.63) is 39.8 Å². The van der Waals surface area contributed by atoms with Crippen LogP contribution in [0.2, 0.25) is 0 Å². The number of nitrogens with zero attached hydrogens (tertiary/aromatic N) is 5. The molecule has 29 heavy (non-hydrogen) atoms. The number of ether oxygens (including phenoxy) is 1. The van der Waals surface area contributed by atoms with Crippen LogP contribution in [0.4, 0.5) is 5.13 Å². The summed E-state index contributed by atoms with van der Waals surface area (Å²) in [5, 5.41) is 8.40. The molecule has 0 aliphatic rings. The maximum absolute atomic E-state index is 12.8. The predicted octanol–water partition coefficient (Wildman–Crippen LogP) is 2.67. The van der Waals surface area contributed by atoms with Gasteiger partial charge in [0.2, 0.25) is 0 Å². The van der Waals surface area contributed by atoms with E-state index in [2.05, 4.69) is 27.0 Å². The Labute approximate surface area is 175 Å². The number of anilines is 1. The number of esters is 1. The largest absolute Gasteiger partial charge is 0.462 e. The molecule has 0 spiro atoms. The fourth-order valence-corrected chi connectivity index (χ4v) is 4.68. The third-order valence-corrected chi connectivity index (χ3v) is 6.05. The zero-order valence-corrected chi connectivity index (χ0v) is 18.1. The lowest BCUT2D eigenvalue weighted by Gasteiger charge is -2.09. The molecular formula is C18H22N6O3S2. The highest BCUT2D eigenvalue weighted by Crippen LogP contribution is 2.29. The van der Waals surface area contributed by atoms with Crippen LogP contribution in [0, 0.1) is 0 Å². The summed E-state index contributed by atoms with van der Waals surface area (Å²) in [5.41, 5.74) is 1.46. The minimum atomic E-state index is -0.407. The average molecular weight is 435 g/mol. The minimum absolute atomic E-state index is 0.141. The fourth-order valence-electron chi connectivity index (χ4n) is 2.70. The normalized spacial score (nSPS) is 11.0. The molecule has 0 aromatic carbocycles. The number of nitrogens with one attached hydrogen (secondary N) is 1. The lowest BCUT2D eigenvalue weighted by molar-refractivity contribution is 0.0531. The number of thiazole rings is 1. The van der Waals surface area contributed by atoms with Crippen molar-refractivity contribution in [2.24, 2.45) is 7.05 Å². The van der Waals surface area contributed by atoms with E-state index in [9.17, 15) is 9.59 Å². The van der Waals surface area contributed by atoms with Crippen LogP contribution in [0.5, 0.6) is 0 Å². The van der Waals surface area contributed by atoms with Gasteiger partial charge in [0.05, 0.1) is 18.5 Å². The number of aryl methyl sites for hydroxylation is 1. The zero-order valence-electron chi connectivity index (χ0n) is 16.5. The van der Waals surface area contributed by atoms with Gasteiger partial charge in [-0.1, -0.05) is 29.2 Å². The SMILES string of the molecule is C=CCNc1nc(CSc2nc3cnn(C)c3c(=O)n2CC)c(C(=O)OCC)s1. The minimum Gasteiger partial charge on any atom is -0.462 e. The Hall–Kier alpha value is -2.66. The van der Waals surface area contributed by atoms with Gasteiger partial charge in [-0.25, -0.2) is 14.8 Å².